The summed E-state index contributed by atoms with van der Waals surface area (Å²) in [7, 11) is 1.88. The zero-order valence-electron chi connectivity index (χ0n) is 10.3. The number of benzene rings is 1. The van der Waals surface area contributed by atoms with E-state index in [9.17, 15) is 4.39 Å². The number of rotatable bonds is 3. The highest BCUT2D eigenvalue weighted by atomic mass is 19.1. The Labute approximate surface area is 100 Å². The van der Waals surface area contributed by atoms with Crippen molar-refractivity contribution < 1.29 is 8.81 Å². The summed E-state index contributed by atoms with van der Waals surface area (Å²) in [6.45, 7) is 3.78. The largest absolute Gasteiger partial charge is 0.459 e. The lowest BCUT2D eigenvalue weighted by molar-refractivity contribution is 0.458. The van der Waals surface area contributed by atoms with Crippen LogP contribution in [0.4, 0.5) is 4.39 Å². The van der Waals surface area contributed by atoms with Gasteiger partial charge < -0.3 is 9.73 Å². The summed E-state index contributed by atoms with van der Waals surface area (Å²) < 4.78 is 18.9. The van der Waals surface area contributed by atoms with Crippen molar-refractivity contribution >= 4 is 0 Å². The Hall–Kier alpha value is -1.61. The smallest absolute Gasteiger partial charge is 0.134 e. The maximum absolute atomic E-state index is 13.2. The lowest BCUT2D eigenvalue weighted by Crippen LogP contribution is -2.10. The summed E-state index contributed by atoms with van der Waals surface area (Å²) in [5.74, 6) is 1.46. The minimum atomic E-state index is -0.191. The highest BCUT2D eigenvalue weighted by molar-refractivity contribution is 5.58. The second kappa shape index (κ2) is 4.72. The summed E-state index contributed by atoms with van der Waals surface area (Å²) in [6, 6.07) is 9.02. The predicted octanol–water partition coefficient (Wildman–Crippen LogP) is 3.67. The molecule has 0 aliphatic rings. The quantitative estimate of drug-likeness (QED) is 0.875. The van der Waals surface area contributed by atoms with Crippen molar-refractivity contribution in [2.24, 2.45) is 0 Å². The van der Waals surface area contributed by atoms with Gasteiger partial charge in [0.25, 0.3) is 0 Å². The Morgan fingerprint density at radius 1 is 1.24 bits per heavy atom. The molecule has 0 fully saturated rings. The molecule has 3 heteroatoms. The first-order chi connectivity index (χ1) is 8.11. The molecule has 0 aliphatic carbocycles. The molecule has 2 nitrogen and oxygen atoms in total. The molecule has 0 spiro atoms. The predicted molar refractivity (Wildman–Crippen MR) is 66.3 cm³/mol. The van der Waals surface area contributed by atoms with Gasteiger partial charge in [0.2, 0.25) is 0 Å². The van der Waals surface area contributed by atoms with Crippen molar-refractivity contribution in [3.05, 3.63) is 47.5 Å². The number of aryl methyl sites for hydroxylation is 1. The lowest BCUT2D eigenvalue weighted by Gasteiger charge is -2.06. The molecule has 1 unspecified atom stereocenters. The van der Waals surface area contributed by atoms with Crippen LogP contribution in [0.25, 0.3) is 11.3 Å². The van der Waals surface area contributed by atoms with Gasteiger partial charge in [-0.05, 0) is 56.8 Å². The van der Waals surface area contributed by atoms with Crippen molar-refractivity contribution in [1.82, 2.24) is 5.32 Å². The Balaban J connectivity index is 2.33. The van der Waals surface area contributed by atoms with Crippen LogP contribution in [0.2, 0.25) is 0 Å². The first-order valence-electron chi connectivity index (χ1n) is 5.65. The van der Waals surface area contributed by atoms with E-state index in [0.29, 0.717) is 5.56 Å². The fourth-order valence-corrected chi connectivity index (χ4v) is 1.68. The number of nitrogens with one attached hydrogen (secondary N) is 1. The maximum Gasteiger partial charge on any atom is 0.134 e. The van der Waals surface area contributed by atoms with E-state index in [1.165, 1.54) is 6.07 Å². The van der Waals surface area contributed by atoms with Gasteiger partial charge in [-0.25, -0.2) is 4.39 Å². The summed E-state index contributed by atoms with van der Waals surface area (Å²) in [5.41, 5.74) is 1.53. The Morgan fingerprint density at radius 3 is 2.65 bits per heavy atom. The van der Waals surface area contributed by atoms with Gasteiger partial charge in [0.05, 0.1) is 6.04 Å². The molecule has 1 N–H and O–H groups in total. The van der Waals surface area contributed by atoms with Crippen LogP contribution in [-0.4, -0.2) is 7.05 Å². The SMILES string of the molecule is CNC(C)c1ccc(-c2ccc(F)c(C)c2)o1. The Morgan fingerprint density at radius 2 is 2.00 bits per heavy atom. The lowest BCUT2D eigenvalue weighted by atomic mass is 10.1. The van der Waals surface area contributed by atoms with Crippen LogP contribution < -0.4 is 5.32 Å². The van der Waals surface area contributed by atoms with E-state index in [4.69, 9.17) is 4.42 Å². The van der Waals surface area contributed by atoms with Gasteiger partial charge >= 0.3 is 0 Å². The van der Waals surface area contributed by atoms with Crippen LogP contribution in [0.1, 0.15) is 24.3 Å². The third-order valence-corrected chi connectivity index (χ3v) is 2.93. The third kappa shape index (κ3) is 2.39. The van der Waals surface area contributed by atoms with Crippen LogP contribution in [0.5, 0.6) is 0 Å². The van der Waals surface area contributed by atoms with E-state index in [1.54, 1.807) is 19.1 Å². The molecule has 17 heavy (non-hydrogen) atoms. The molecule has 90 valence electrons. The van der Waals surface area contributed by atoms with E-state index in [2.05, 4.69) is 5.32 Å². The van der Waals surface area contributed by atoms with Gasteiger partial charge in [-0.3, -0.25) is 0 Å². The molecule has 1 atom stereocenters. The van der Waals surface area contributed by atoms with Crippen molar-refractivity contribution in [3.8, 4) is 11.3 Å². The van der Waals surface area contributed by atoms with Gasteiger partial charge in [0.1, 0.15) is 17.3 Å². The van der Waals surface area contributed by atoms with Crippen molar-refractivity contribution in [1.29, 1.82) is 0 Å². The average molecular weight is 233 g/mol. The highest BCUT2D eigenvalue weighted by Crippen LogP contribution is 2.26. The fraction of sp³-hybridized carbons (Fsp3) is 0.286. The molecule has 1 heterocycles. The van der Waals surface area contributed by atoms with Gasteiger partial charge in [-0.15, -0.1) is 0 Å². The molecular weight excluding hydrogens is 217 g/mol. The van der Waals surface area contributed by atoms with E-state index >= 15 is 0 Å². The van der Waals surface area contributed by atoms with Crippen LogP contribution >= 0.6 is 0 Å². The highest BCUT2D eigenvalue weighted by Gasteiger charge is 2.10. The van der Waals surface area contributed by atoms with E-state index in [1.807, 2.05) is 26.1 Å². The minimum Gasteiger partial charge on any atom is -0.459 e. The van der Waals surface area contributed by atoms with Crippen LogP contribution in [0.3, 0.4) is 0 Å². The molecule has 0 aliphatic heterocycles. The minimum absolute atomic E-state index is 0.172. The number of hydrogen-bond acceptors (Lipinski definition) is 2. The van der Waals surface area contributed by atoms with Gasteiger partial charge in [0.15, 0.2) is 0 Å². The molecular formula is C14H16FNO. The van der Waals surface area contributed by atoms with E-state index < -0.39 is 0 Å². The summed E-state index contributed by atoms with van der Waals surface area (Å²) in [4.78, 5) is 0. The van der Waals surface area contributed by atoms with Crippen molar-refractivity contribution in [3.63, 3.8) is 0 Å². The van der Waals surface area contributed by atoms with Gasteiger partial charge in [0, 0.05) is 5.56 Å². The van der Waals surface area contributed by atoms with Gasteiger partial charge in [-0.1, -0.05) is 0 Å². The summed E-state index contributed by atoms with van der Waals surface area (Å²) in [5, 5.41) is 3.11. The van der Waals surface area contributed by atoms with Crippen LogP contribution in [0, 0.1) is 12.7 Å². The number of halogens is 1. The molecule has 0 saturated heterocycles. The molecule has 1 aromatic carbocycles. The second-order valence-corrected chi connectivity index (χ2v) is 4.18. The topological polar surface area (TPSA) is 25.2 Å². The maximum atomic E-state index is 13.2. The molecule has 1 aromatic heterocycles. The Bertz CT molecular complexity index is 519. The standard InChI is InChI=1S/C14H16FNO/c1-9-8-11(4-5-12(9)15)14-7-6-13(17-14)10(2)16-3/h4-8,10,16H,1-3H3. The summed E-state index contributed by atoms with van der Waals surface area (Å²) in [6.07, 6.45) is 0. The normalized spacial score (nSPS) is 12.7. The number of hydrogen-bond donors (Lipinski definition) is 1. The molecule has 0 saturated carbocycles. The molecule has 0 amide bonds. The molecule has 0 bridgehead atoms. The van der Waals surface area contributed by atoms with E-state index in [0.717, 1.165) is 17.1 Å². The summed E-state index contributed by atoms with van der Waals surface area (Å²) >= 11 is 0. The van der Waals surface area contributed by atoms with Crippen molar-refractivity contribution in [2.45, 2.75) is 19.9 Å². The first kappa shape index (κ1) is 11.9. The monoisotopic (exact) mass is 233 g/mol. The third-order valence-electron chi connectivity index (χ3n) is 2.93. The van der Waals surface area contributed by atoms with Crippen molar-refractivity contribution in [2.75, 3.05) is 7.05 Å². The molecule has 0 radical (unpaired) electrons. The average Bonchev–Trinajstić information content (AvgIpc) is 2.81. The zero-order chi connectivity index (χ0) is 12.4. The second-order valence-electron chi connectivity index (χ2n) is 4.18. The fourth-order valence-electron chi connectivity index (χ4n) is 1.68. The van der Waals surface area contributed by atoms with E-state index in [-0.39, 0.29) is 11.9 Å². The zero-order valence-corrected chi connectivity index (χ0v) is 10.3. The van der Waals surface area contributed by atoms with Crippen LogP contribution in [-0.2, 0) is 0 Å². The van der Waals surface area contributed by atoms with Gasteiger partial charge in [-0.2, -0.15) is 0 Å². The molecule has 2 aromatic rings. The molecule has 2 rings (SSSR count). The first-order valence-corrected chi connectivity index (χ1v) is 5.65. The Kier molecular flexibility index (Phi) is 3.29. The number of furan rings is 1. The van der Waals surface area contributed by atoms with Crippen LogP contribution in [0.15, 0.2) is 34.7 Å².